The van der Waals surface area contributed by atoms with E-state index in [0.717, 1.165) is 60.6 Å². The quantitative estimate of drug-likeness (QED) is 0.487. The van der Waals surface area contributed by atoms with Gasteiger partial charge in [0.1, 0.15) is 5.75 Å². The van der Waals surface area contributed by atoms with Crippen molar-refractivity contribution in [1.82, 2.24) is 14.8 Å². The van der Waals surface area contributed by atoms with Crippen LogP contribution in [-0.2, 0) is 11.3 Å². The van der Waals surface area contributed by atoms with Crippen LogP contribution in [0.1, 0.15) is 26.7 Å². The molecule has 0 saturated heterocycles. The molecule has 0 aliphatic carbocycles. The molecular weight excluding hydrogens is 310 g/mol. The van der Waals surface area contributed by atoms with Gasteiger partial charge in [0.25, 0.3) is 0 Å². The zero-order chi connectivity index (χ0) is 16.5. The maximum atomic E-state index is 5.40. The highest BCUT2D eigenvalue weighted by Gasteiger charge is 2.14. The van der Waals surface area contributed by atoms with E-state index in [0.29, 0.717) is 0 Å². The second-order valence-electron chi connectivity index (χ2n) is 5.09. The molecule has 5 nitrogen and oxygen atoms in total. The molecule has 0 aliphatic heterocycles. The first-order valence-corrected chi connectivity index (χ1v) is 9.06. The predicted molar refractivity (Wildman–Crippen MR) is 94.1 cm³/mol. The van der Waals surface area contributed by atoms with Gasteiger partial charge in [-0.1, -0.05) is 25.1 Å². The predicted octanol–water partition coefficient (Wildman–Crippen LogP) is 3.88. The van der Waals surface area contributed by atoms with E-state index >= 15 is 0 Å². The SMILES string of the molecule is CCCCn1c(SCCOCC)nnc1-c1ccc(OC)cc1. The molecule has 6 heteroatoms. The van der Waals surface area contributed by atoms with Crippen molar-refractivity contribution in [2.45, 2.75) is 38.4 Å². The molecule has 0 saturated carbocycles. The maximum Gasteiger partial charge on any atom is 0.191 e. The van der Waals surface area contributed by atoms with Crippen LogP contribution >= 0.6 is 11.8 Å². The molecule has 126 valence electrons. The lowest BCUT2D eigenvalue weighted by Crippen LogP contribution is -2.04. The van der Waals surface area contributed by atoms with Crippen LogP contribution in [0.2, 0.25) is 0 Å². The molecular formula is C17H25N3O2S. The fourth-order valence-electron chi connectivity index (χ4n) is 2.20. The maximum absolute atomic E-state index is 5.40. The van der Waals surface area contributed by atoms with E-state index in [1.807, 2.05) is 31.2 Å². The summed E-state index contributed by atoms with van der Waals surface area (Å²) in [4.78, 5) is 0. The van der Waals surface area contributed by atoms with E-state index in [-0.39, 0.29) is 0 Å². The number of aromatic nitrogens is 3. The molecule has 0 spiro atoms. The molecule has 0 fully saturated rings. The Kier molecular flexibility index (Phi) is 7.42. The zero-order valence-corrected chi connectivity index (χ0v) is 14.9. The van der Waals surface area contributed by atoms with Crippen LogP contribution in [0.25, 0.3) is 11.4 Å². The van der Waals surface area contributed by atoms with Crippen LogP contribution in [-0.4, -0.2) is 40.8 Å². The molecule has 2 aromatic rings. The second-order valence-corrected chi connectivity index (χ2v) is 6.15. The lowest BCUT2D eigenvalue weighted by molar-refractivity contribution is 0.164. The van der Waals surface area contributed by atoms with Crippen molar-refractivity contribution in [2.24, 2.45) is 0 Å². The Bertz CT molecular complexity index is 584. The van der Waals surface area contributed by atoms with Crippen molar-refractivity contribution < 1.29 is 9.47 Å². The van der Waals surface area contributed by atoms with Crippen molar-refractivity contribution in [3.05, 3.63) is 24.3 Å². The standard InChI is InChI=1S/C17H25N3O2S/c1-4-6-11-20-16(14-7-9-15(21-3)10-8-14)18-19-17(20)23-13-12-22-5-2/h7-10H,4-6,11-13H2,1-3H3. The molecule has 2 rings (SSSR count). The van der Waals surface area contributed by atoms with Crippen molar-refractivity contribution >= 4 is 11.8 Å². The van der Waals surface area contributed by atoms with Gasteiger partial charge in [-0.3, -0.25) is 0 Å². The Hall–Kier alpha value is -1.53. The van der Waals surface area contributed by atoms with E-state index in [9.17, 15) is 0 Å². The average Bonchev–Trinajstić information content (AvgIpc) is 2.99. The summed E-state index contributed by atoms with van der Waals surface area (Å²) in [6.45, 7) is 6.62. The third kappa shape index (κ3) is 4.97. The zero-order valence-electron chi connectivity index (χ0n) is 14.1. The molecule has 1 aromatic carbocycles. The lowest BCUT2D eigenvalue weighted by atomic mass is 10.2. The molecule has 0 amide bonds. The molecule has 0 radical (unpaired) electrons. The Balaban J connectivity index is 2.18. The van der Waals surface area contributed by atoms with Gasteiger partial charge in [0.15, 0.2) is 11.0 Å². The van der Waals surface area contributed by atoms with E-state index in [2.05, 4.69) is 21.7 Å². The molecule has 0 unspecified atom stereocenters. The lowest BCUT2D eigenvalue weighted by Gasteiger charge is -2.10. The second kappa shape index (κ2) is 9.57. The third-order valence-corrected chi connectivity index (χ3v) is 4.39. The van der Waals surface area contributed by atoms with Gasteiger partial charge in [-0.2, -0.15) is 0 Å². The van der Waals surface area contributed by atoms with Crippen LogP contribution in [0.15, 0.2) is 29.4 Å². The first-order valence-electron chi connectivity index (χ1n) is 8.08. The van der Waals surface area contributed by atoms with Crippen LogP contribution in [0, 0.1) is 0 Å². The summed E-state index contributed by atoms with van der Waals surface area (Å²) >= 11 is 1.70. The van der Waals surface area contributed by atoms with Crippen molar-refractivity contribution in [3.8, 4) is 17.1 Å². The molecule has 1 aromatic heterocycles. The Labute approximate surface area is 142 Å². The number of rotatable bonds is 10. The van der Waals surface area contributed by atoms with Gasteiger partial charge in [0.05, 0.1) is 13.7 Å². The molecule has 0 N–H and O–H groups in total. The van der Waals surface area contributed by atoms with E-state index < -0.39 is 0 Å². The largest absolute Gasteiger partial charge is 0.497 e. The summed E-state index contributed by atoms with van der Waals surface area (Å²) in [5.74, 6) is 2.65. The Morgan fingerprint density at radius 1 is 1.13 bits per heavy atom. The number of methoxy groups -OCH3 is 1. The highest BCUT2D eigenvalue weighted by atomic mass is 32.2. The number of benzene rings is 1. The number of ether oxygens (including phenoxy) is 2. The fraction of sp³-hybridized carbons (Fsp3) is 0.529. The number of unbranched alkanes of at least 4 members (excludes halogenated alkanes) is 1. The Morgan fingerprint density at radius 3 is 2.57 bits per heavy atom. The number of hydrogen-bond acceptors (Lipinski definition) is 5. The summed E-state index contributed by atoms with van der Waals surface area (Å²) in [5.41, 5.74) is 1.06. The van der Waals surface area contributed by atoms with Crippen LogP contribution in [0.4, 0.5) is 0 Å². The van der Waals surface area contributed by atoms with E-state index in [1.54, 1.807) is 18.9 Å². The van der Waals surface area contributed by atoms with E-state index in [4.69, 9.17) is 9.47 Å². The summed E-state index contributed by atoms with van der Waals surface area (Å²) in [6.07, 6.45) is 2.25. The smallest absolute Gasteiger partial charge is 0.191 e. The average molecular weight is 335 g/mol. The molecule has 23 heavy (non-hydrogen) atoms. The first kappa shape index (κ1) is 17.8. The van der Waals surface area contributed by atoms with Gasteiger partial charge in [0.2, 0.25) is 0 Å². The highest BCUT2D eigenvalue weighted by Crippen LogP contribution is 2.26. The summed E-state index contributed by atoms with van der Waals surface area (Å²) in [7, 11) is 1.67. The van der Waals surface area contributed by atoms with Crippen molar-refractivity contribution in [2.75, 3.05) is 26.1 Å². The van der Waals surface area contributed by atoms with Gasteiger partial charge in [0, 0.05) is 24.5 Å². The van der Waals surface area contributed by atoms with Gasteiger partial charge in [-0.25, -0.2) is 0 Å². The van der Waals surface area contributed by atoms with Crippen LogP contribution < -0.4 is 4.74 Å². The summed E-state index contributed by atoms with van der Waals surface area (Å²) in [6, 6.07) is 7.96. The van der Waals surface area contributed by atoms with Crippen LogP contribution in [0.5, 0.6) is 5.75 Å². The monoisotopic (exact) mass is 335 g/mol. The van der Waals surface area contributed by atoms with Crippen molar-refractivity contribution in [1.29, 1.82) is 0 Å². The number of hydrogen-bond donors (Lipinski definition) is 0. The van der Waals surface area contributed by atoms with E-state index in [1.165, 1.54) is 0 Å². The van der Waals surface area contributed by atoms with Gasteiger partial charge >= 0.3 is 0 Å². The molecule has 0 atom stereocenters. The summed E-state index contributed by atoms with van der Waals surface area (Å²) < 4.78 is 12.8. The highest BCUT2D eigenvalue weighted by molar-refractivity contribution is 7.99. The minimum absolute atomic E-state index is 0.736. The molecule has 0 bridgehead atoms. The van der Waals surface area contributed by atoms with Crippen LogP contribution in [0.3, 0.4) is 0 Å². The third-order valence-electron chi connectivity index (χ3n) is 3.46. The number of nitrogens with zero attached hydrogens (tertiary/aromatic N) is 3. The Morgan fingerprint density at radius 2 is 1.91 bits per heavy atom. The summed E-state index contributed by atoms with van der Waals surface area (Å²) in [5, 5.41) is 9.74. The minimum atomic E-state index is 0.736. The van der Waals surface area contributed by atoms with Crippen molar-refractivity contribution in [3.63, 3.8) is 0 Å². The minimum Gasteiger partial charge on any atom is -0.497 e. The normalized spacial score (nSPS) is 10.9. The first-order chi connectivity index (χ1) is 11.3. The van der Waals surface area contributed by atoms with Gasteiger partial charge in [-0.15, -0.1) is 10.2 Å². The fourth-order valence-corrected chi connectivity index (χ4v) is 3.02. The van der Waals surface area contributed by atoms with Gasteiger partial charge < -0.3 is 14.0 Å². The topological polar surface area (TPSA) is 49.2 Å². The number of thioether (sulfide) groups is 1. The molecule has 0 aliphatic rings. The molecule has 1 heterocycles. The van der Waals surface area contributed by atoms with Gasteiger partial charge in [-0.05, 0) is 37.6 Å².